The monoisotopic (exact) mass is 333 g/mol. The molecule has 0 unspecified atom stereocenters. The number of carbonyl (C=O) groups excluding carboxylic acids is 1. The molecule has 2 aliphatic heterocycles. The van der Waals surface area contributed by atoms with E-state index >= 15 is 0 Å². The number of likely N-dealkylation sites (tertiary alicyclic amines) is 1. The number of hydrogen-bond acceptors (Lipinski definition) is 3. The van der Waals surface area contributed by atoms with E-state index in [1.165, 1.54) is 6.07 Å². The summed E-state index contributed by atoms with van der Waals surface area (Å²) >= 11 is 0. The fraction of sp³-hybridized carbons (Fsp3) is 0.632. The number of halogens is 1. The molecule has 0 radical (unpaired) electrons. The van der Waals surface area contributed by atoms with Gasteiger partial charge >= 0.3 is 0 Å². The highest BCUT2D eigenvalue weighted by Crippen LogP contribution is 2.30. The quantitative estimate of drug-likeness (QED) is 0.850. The Morgan fingerprint density at radius 3 is 2.54 bits per heavy atom. The first kappa shape index (κ1) is 17.4. The van der Waals surface area contributed by atoms with Gasteiger partial charge in [-0.05, 0) is 30.5 Å². The molecule has 1 amide bonds. The largest absolute Gasteiger partial charge is 0.340 e. The number of hydrogen-bond donors (Lipinski definition) is 0. The number of nitrogens with zero attached hydrogens (tertiary/aromatic N) is 3. The maximum Gasteiger partial charge on any atom is 0.219 e. The molecule has 24 heavy (non-hydrogen) atoms. The fourth-order valence-electron chi connectivity index (χ4n) is 4.12. The van der Waals surface area contributed by atoms with Crippen LogP contribution in [0.2, 0.25) is 0 Å². The van der Waals surface area contributed by atoms with Gasteiger partial charge in [-0.25, -0.2) is 4.39 Å². The minimum Gasteiger partial charge on any atom is -0.340 e. The molecule has 2 heterocycles. The van der Waals surface area contributed by atoms with Gasteiger partial charge in [0.05, 0.1) is 0 Å². The van der Waals surface area contributed by atoms with Crippen molar-refractivity contribution < 1.29 is 9.18 Å². The Morgan fingerprint density at radius 1 is 1.21 bits per heavy atom. The third-order valence-corrected chi connectivity index (χ3v) is 5.71. The number of amides is 1. The van der Waals surface area contributed by atoms with Crippen LogP contribution in [0.3, 0.4) is 0 Å². The molecular formula is C19H28FN3O. The van der Waals surface area contributed by atoms with E-state index in [0.717, 1.165) is 44.8 Å². The number of carbonyl (C=O) groups is 1. The lowest BCUT2D eigenvalue weighted by Gasteiger charge is -2.39. The Balaban J connectivity index is 1.61. The molecule has 4 nitrogen and oxygen atoms in total. The zero-order valence-corrected chi connectivity index (χ0v) is 14.9. The first-order valence-corrected chi connectivity index (χ1v) is 8.95. The average molecular weight is 333 g/mol. The van der Waals surface area contributed by atoms with E-state index in [1.807, 2.05) is 11.0 Å². The summed E-state index contributed by atoms with van der Waals surface area (Å²) in [6.07, 6.45) is 0. The molecule has 1 aromatic carbocycles. The lowest BCUT2D eigenvalue weighted by molar-refractivity contribution is -0.130. The smallest absolute Gasteiger partial charge is 0.219 e. The summed E-state index contributed by atoms with van der Waals surface area (Å²) < 4.78 is 13.5. The number of benzene rings is 1. The van der Waals surface area contributed by atoms with Crippen LogP contribution in [-0.4, -0.2) is 65.9 Å². The highest BCUT2D eigenvalue weighted by molar-refractivity contribution is 5.73. The number of piperazine rings is 1. The van der Waals surface area contributed by atoms with Crippen LogP contribution in [0, 0.1) is 11.7 Å². The fourth-order valence-corrected chi connectivity index (χ4v) is 4.12. The lowest BCUT2D eigenvalue weighted by Crippen LogP contribution is -2.53. The van der Waals surface area contributed by atoms with Crippen LogP contribution in [0.1, 0.15) is 32.4 Å². The van der Waals surface area contributed by atoms with Crippen LogP contribution in [-0.2, 0) is 4.79 Å². The van der Waals surface area contributed by atoms with E-state index in [9.17, 15) is 9.18 Å². The molecule has 3 atom stereocenters. The molecule has 3 rings (SSSR count). The van der Waals surface area contributed by atoms with Crippen LogP contribution >= 0.6 is 0 Å². The van der Waals surface area contributed by atoms with Gasteiger partial charge in [-0.3, -0.25) is 14.6 Å². The van der Waals surface area contributed by atoms with Crippen molar-refractivity contribution in [2.45, 2.75) is 32.9 Å². The van der Waals surface area contributed by atoms with Crippen LogP contribution in [0.4, 0.5) is 4.39 Å². The second-order valence-corrected chi connectivity index (χ2v) is 7.27. The lowest BCUT2D eigenvalue weighted by atomic mass is 10.0. The molecule has 132 valence electrons. The summed E-state index contributed by atoms with van der Waals surface area (Å²) in [5, 5.41) is 0. The summed E-state index contributed by atoms with van der Waals surface area (Å²) in [7, 11) is 0. The Kier molecular flexibility index (Phi) is 5.21. The summed E-state index contributed by atoms with van der Waals surface area (Å²) in [5.74, 6) is 0.601. The molecule has 0 aromatic heterocycles. The van der Waals surface area contributed by atoms with E-state index < -0.39 is 0 Å². The second kappa shape index (κ2) is 7.19. The van der Waals surface area contributed by atoms with Gasteiger partial charge in [0.15, 0.2) is 0 Å². The molecule has 2 aliphatic rings. The van der Waals surface area contributed by atoms with Crippen molar-refractivity contribution in [3.8, 4) is 0 Å². The second-order valence-electron chi connectivity index (χ2n) is 7.27. The molecule has 0 N–H and O–H groups in total. The molecule has 5 heteroatoms. The Hall–Kier alpha value is -1.46. The third-order valence-electron chi connectivity index (χ3n) is 5.71. The van der Waals surface area contributed by atoms with Crippen molar-refractivity contribution >= 4 is 5.91 Å². The molecule has 0 aliphatic carbocycles. The highest BCUT2D eigenvalue weighted by Gasteiger charge is 2.37. The van der Waals surface area contributed by atoms with E-state index in [1.54, 1.807) is 19.1 Å². The van der Waals surface area contributed by atoms with Gasteiger partial charge in [0, 0.05) is 58.3 Å². The summed E-state index contributed by atoms with van der Waals surface area (Å²) in [6.45, 7) is 11.7. The predicted molar refractivity (Wildman–Crippen MR) is 93.2 cm³/mol. The first-order valence-electron chi connectivity index (χ1n) is 8.95. The van der Waals surface area contributed by atoms with E-state index in [0.29, 0.717) is 12.0 Å². The van der Waals surface area contributed by atoms with Gasteiger partial charge in [-0.15, -0.1) is 0 Å². The van der Waals surface area contributed by atoms with Crippen molar-refractivity contribution in [3.63, 3.8) is 0 Å². The minimum atomic E-state index is -0.163. The topological polar surface area (TPSA) is 26.8 Å². The van der Waals surface area contributed by atoms with Crippen LogP contribution < -0.4 is 0 Å². The highest BCUT2D eigenvalue weighted by atomic mass is 19.1. The molecule has 2 saturated heterocycles. The van der Waals surface area contributed by atoms with Gasteiger partial charge in [-0.2, -0.15) is 0 Å². The zero-order valence-electron chi connectivity index (χ0n) is 14.9. The summed E-state index contributed by atoms with van der Waals surface area (Å²) in [6, 6.07) is 7.70. The maximum atomic E-state index is 13.5. The van der Waals surface area contributed by atoms with Gasteiger partial charge in [-0.1, -0.05) is 19.1 Å². The molecular weight excluding hydrogens is 305 g/mol. The Morgan fingerprint density at radius 2 is 1.92 bits per heavy atom. The number of rotatable bonds is 3. The summed E-state index contributed by atoms with van der Waals surface area (Å²) in [4.78, 5) is 18.4. The Bertz CT molecular complexity index is 586. The van der Waals surface area contributed by atoms with Gasteiger partial charge in [0.25, 0.3) is 0 Å². The molecule has 1 aromatic rings. The van der Waals surface area contributed by atoms with Crippen LogP contribution in [0.25, 0.3) is 0 Å². The van der Waals surface area contributed by atoms with Crippen LogP contribution in [0.5, 0.6) is 0 Å². The van der Waals surface area contributed by atoms with E-state index in [2.05, 4.69) is 23.6 Å². The van der Waals surface area contributed by atoms with Crippen molar-refractivity contribution in [3.05, 3.63) is 35.6 Å². The van der Waals surface area contributed by atoms with Gasteiger partial charge in [0.1, 0.15) is 5.82 Å². The SMILES string of the molecule is CC(=O)N1CCN([C@@H]2CN([C@@H](C)c3cccc(F)c3)C[C@@H]2C)CC1. The van der Waals surface area contributed by atoms with Gasteiger partial charge in [0.2, 0.25) is 5.91 Å². The minimum absolute atomic E-state index is 0.163. The molecule has 0 saturated carbocycles. The standard InChI is InChI=1S/C19H28FN3O/c1-14-12-23(15(2)17-5-4-6-18(20)11-17)13-19(14)22-9-7-21(8-10-22)16(3)24/h4-6,11,14-15,19H,7-10,12-13H2,1-3H3/t14-,15-,19+/m0/s1. The molecule has 0 bridgehead atoms. The van der Waals surface area contributed by atoms with Crippen molar-refractivity contribution in [1.82, 2.24) is 14.7 Å². The van der Waals surface area contributed by atoms with Crippen LogP contribution in [0.15, 0.2) is 24.3 Å². The third kappa shape index (κ3) is 3.62. The van der Waals surface area contributed by atoms with E-state index in [4.69, 9.17) is 0 Å². The van der Waals surface area contributed by atoms with E-state index in [-0.39, 0.29) is 17.8 Å². The molecule has 0 spiro atoms. The first-order chi connectivity index (χ1) is 11.5. The zero-order chi connectivity index (χ0) is 17.3. The Labute approximate surface area is 144 Å². The van der Waals surface area contributed by atoms with Crippen molar-refractivity contribution in [2.75, 3.05) is 39.3 Å². The van der Waals surface area contributed by atoms with Gasteiger partial charge < -0.3 is 4.90 Å². The predicted octanol–water partition coefficient (Wildman–Crippen LogP) is 2.37. The average Bonchev–Trinajstić information content (AvgIpc) is 2.96. The normalized spacial score (nSPS) is 27.4. The van der Waals surface area contributed by atoms with Crippen molar-refractivity contribution in [1.29, 1.82) is 0 Å². The molecule has 2 fully saturated rings. The summed E-state index contributed by atoms with van der Waals surface area (Å²) in [5.41, 5.74) is 1.05. The van der Waals surface area contributed by atoms with Crippen molar-refractivity contribution in [2.24, 2.45) is 5.92 Å². The maximum absolute atomic E-state index is 13.5.